The normalized spacial score (nSPS) is 11.5. The van der Waals surface area contributed by atoms with E-state index in [0.717, 1.165) is 12.0 Å². The molecule has 0 saturated heterocycles. The van der Waals surface area contributed by atoms with E-state index in [1.807, 2.05) is 44.2 Å². The third kappa shape index (κ3) is 6.24. The topological polar surface area (TPSA) is 64.6 Å². The predicted molar refractivity (Wildman–Crippen MR) is 100 cm³/mol. The predicted octanol–water partition coefficient (Wildman–Crippen LogP) is 3.55. The van der Waals surface area contributed by atoms with E-state index in [0.29, 0.717) is 24.5 Å². The van der Waals surface area contributed by atoms with Gasteiger partial charge in [-0.1, -0.05) is 44.2 Å². The highest BCUT2D eigenvalue weighted by Crippen LogP contribution is 2.14. The first kappa shape index (κ1) is 19.5. The van der Waals surface area contributed by atoms with E-state index in [1.54, 1.807) is 24.3 Å². The molecule has 0 bridgehead atoms. The maximum Gasteiger partial charge on any atom is 0.338 e. The lowest BCUT2D eigenvalue weighted by Crippen LogP contribution is -2.31. The monoisotopic (exact) mass is 355 g/mol. The first-order valence-corrected chi connectivity index (χ1v) is 8.81. The Balaban J connectivity index is 1.73. The maximum atomic E-state index is 12.0. The van der Waals surface area contributed by atoms with Gasteiger partial charge in [-0.05, 0) is 42.2 Å². The molecule has 0 saturated carbocycles. The second-order valence-electron chi connectivity index (χ2n) is 6.06. The molecule has 2 rings (SSSR count). The summed E-state index contributed by atoms with van der Waals surface area (Å²) in [6, 6.07) is 16.6. The SMILES string of the molecule is CCCOc1ccc(C(=O)OCC(=O)NC[C@@H](C)c2ccccc2)cc1. The van der Waals surface area contributed by atoms with Crippen molar-refractivity contribution in [3.63, 3.8) is 0 Å². The molecule has 0 aliphatic carbocycles. The lowest BCUT2D eigenvalue weighted by molar-refractivity contribution is -0.124. The first-order valence-electron chi connectivity index (χ1n) is 8.81. The van der Waals surface area contributed by atoms with E-state index >= 15 is 0 Å². The van der Waals surface area contributed by atoms with Gasteiger partial charge in [0, 0.05) is 6.54 Å². The molecule has 0 aromatic heterocycles. The van der Waals surface area contributed by atoms with E-state index in [1.165, 1.54) is 0 Å². The molecule has 0 fully saturated rings. The van der Waals surface area contributed by atoms with Crippen LogP contribution >= 0.6 is 0 Å². The lowest BCUT2D eigenvalue weighted by Gasteiger charge is -2.13. The molecule has 1 N–H and O–H groups in total. The summed E-state index contributed by atoms with van der Waals surface area (Å²) in [5, 5.41) is 2.78. The molecule has 1 amide bonds. The van der Waals surface area contributed by atoms with Crippen LogP contribution in [-0.2, 0) is 9.53 Å². The van der Waals surface area contributed by atoms with Gasteiger partial charge in [-0.15, -0.1) is 0 Å². The number of carbonyl (C=O) groups excluding carboxylic acids is 2. The fraction of sp³-hybridized carbons (Fsp3) is 0.333. The smallest absolute Gasteiger partial charge is 0.338 e. The summed E-state index contributed by atoms with van der Waals surface area (Å²) in [6.07, 6.45) is 0.918. The second-order valence-corrected chi connectivity index (χ2v) is 6.06. The summed E-state index contributed by atoms with van der Waals surface area (Å²) in [6.45, 7) is 4.88. The van der Waals surface area contributed by atoms with Crippen molar-refractivity contribution in [2.45, 2.75) is 26.2 Å². The number of nitrogens with one attached hydrogen (secondary N) is 1. The van der Waals surface area contributed by atoms with Gasteiger partial charge in [0.1, 0.15) is 5.75 Å². The molecule has 2 aromatic carbocycles. The van der Waals surface area contributed by atoms with E-state index in [-0.39, 0.29) is 18.4 Å². The average Bonchev–Trinajstić information content (AvgIpc) is 2.69. The number of amides is 1. The molecule has 0 heterocycles. The van der Waals surface area contributed by atoms with Crippen LogP contribution in [0.4, 0.5) is 0 Å². The zero-order valence-electron chi connectivity index (χ0n) is 15.2. The van der Waals surface area contributed by atoms with Crippen molar-refractivity contribution in [2.24, 2.45) is 0 Å². The van der Waals surface area contributed by atoms with Gasteiger partial charge < -0.3 is 14.8 Å². The van der Waals surface area contributed by atoms with Crippen molar-refractivity contribution in [3.8, 4) is 5.75 Å². The van der Waals surface area contributed by atoms with Crippen LogP contribution < -0.4 is 10.1 Å². The summed E-state index contributed by atoms with van der Waals surface area (Å²) in [7, 11) is 0. The largest absolute Gasteiger partial charge is 0.494 e. The molecule has 0 aliphatic heterocycles. The Morgan fingerprint density at radius 1 is 1.04 bits per heavy atom. The molecule has 26 heavy (non-hydrogen) atoms. The average molecular weight is 355 g/mol. The standard InChI is InChI=1S/C21H25NO4/c1-3-13-25-19-11-9-18(10-12-19)21(24)26-15-20(23)22-14-16(2)17-7-5-4-6-8-17/h4-12,16H,3,13-15H2,1-2H3,(H,22,23)/t16-/m1/s1. The molecule has 0 unspecified atom stereocenters. The number of ether oxygens (including phenoxy) is 2. The fourth-order valence-corrected chi connectivity index (χ4v) is 2.34. The molecule has 5 heteroatoms. The maximum absolute atomic E-state index is 12.0. The zero-order chi connectivity index (χ0) is 18.8. The van der Waals surface area contributed by atoms with Gasteiger partial charge in [0.25, 0.3) is 5.91 Å². The third-order valence-electron chi connectivity index (χ3n) is 3.87. The summed E-state index contributed by atoms with van der Waals surface area (Å²) < 4.78 is 10.5. The van der Waals surface area contributed by atoms with Crippen LogP contribution in [0.1, 0.15) is 42.1 Å². The van der Waals surface area contributed by atoms with Gasteiger partial charge in [0.05, 0.1) is 12.2 Å². The summed E-state index contributed by atoms with van der Waals surface area (Å²) in [4.78, 5) is 23.9. The highest BCUT2D eigenvalue weighted by Gasteiger charge is 2.12. The van der Waals surface area contributed by atoms with Gasteiger partial charge in [-0.2, -0.15) is 0 Å². The van der Waals surface area contributed by atoms with Gasteiger partial charge in [-0.25, -0.2) is 4.79 Å². The van der Waals surface area contributed by atoms with Gasteiger partial charge >= 0.3 is 5.97 Å². The van der Waals surface area contributed by atoms with E-state index in [2.05, 4.69) is 5.32 Å². The lowest BCUT2D eigenvalue weighted by atomic mass is 10.0. The van der Waals surface area contributed by atoms with Crippen LogP contribution in [0.3, 0.4) is 0 Å². The van der Waals surface area contributed by atoms with E-state index < -0.39 is 5.97 Å². The third-order valence-corrected chi connectivity index (χ3v) is 3.87. The minimum atomic E-state index is -0.529. The quantitative estimate of drug-likeness (QED) is 0.699. The molecule has 138 valence electrons. The van der Waals surface area contributed by atoms with Gasteiger partial charge in [0.2, 0.25) is 0 Å². The Morgan fingerprint density at radius 3 is 2.38 bits per heavy atom. The Bertz CT molecular complexity index is 698. The molecule has 0 aliphatic rings. The van der Waals surface area contributed by atoms with Crippen LogP contribution in [0, 0.1) is 0 Å². The van der Waals surface area contributed by atoms with Crippen molar-refractivity contribution < 1.29 is 19.1 Å². The van der Waals surface area contributed by atoms with E-state index in [4.69, 9.17) is 9.47 Å². The number of carbonyl (C=O) groups is 2. The summed E-state index contributed by atoms with van der Waals surface area (Å²) in [5.74, 6) is 0.0462. The fourth-order valence-electron chi connectivity index (χ4n) is 2.34. The van der Waals surface area contributed by atoms with Gasteiger partial charge in [0.15, 0.2) is 6.61 Å². The Hall–Kier alpha value is -2.82. The minimum absolute atomic E-state index is 0.187. The number of benzene rings is 2. The highest BCUT2D eigenvalue weighted by molar-refractivity contribution is 5.91. The van der Waals surface area contributed by atoms with Crippen LogP contribution in [0.5, 0.6) is 5.75 Å². The van der Waals surface area contributed by atoms with Crippen LogP contribution in [0.15, 0.2) is 54.6 Å². The number of hydrogen-bond acceptors (Lipinski definition) is 4. The van der Waals surface area contributed by atoms with Crippen molar-refractivity contribution in [1.29, 1.82) is 0 Å². The Kier molecular flexibility index (Phi) is 7.68. The first-order chi connectivity index (χ1) is 12.6. The van der Waals surface area contributed by atoms with E-state index in [9.17, 15) is 9.59 Å². The van der Waals surface area contributed by atoms with Crippen molar-refractivity contribution in [3.05, 3.63) is 65.7 Å². The summed E-state index contributed by atoms with van der Waals surface area (Å²) in [5.41, 5.74) is 1.54. The molecular formula is C21H25NO4. The Labute approximate surface area is 154 Å². The van der Waals surface area contributed by atoms with Gasteiger partial charge in [-0.3, -0.25) is 4.79 Å². The van der Waals surface area contributed by atoms with Crippen LogP contribution in [0.25, 0.3) is 0 Å². The molecule has 1 atom stereocenters. The molecule has 0 radical (unpaired) electrons. The Morgan fingerprint density at radius 2 is 1.73 bits per heavy atom. The van der Waals surface area contributed by atoms with Crippen LogP contribution in [-0.4, -0.2) is 31.6 Å². The van der Waals surface area contributed by atoms with Crippen LogP contribution in [0.2, 0.25) is 0 Å². The molecular weight excluding hydrogens is 330 g/mol. The second kappa shape index (κ2) is 10.2. The summed E-state index contributed by atoms with van der Waals surface area (Å²) >= 11 is 0. The minimum Gasteiger partial charge on any atom is -0.494 e. The van der Waals surface area contributed by atoms with Crippen molar-refractivity contribution >= 4 is 11.9 Å². The molecule has 0 spiro atoms. The number of rotatable bonds is 9. The zero-order valence-corrected chi connectivity index (χ0v) is 15.2. The number of hydrogen-bond donors (Lipinski definition) is 1. The highest BCUT2D eigenvalue weighted by atomic mass is 16.5. The molecule has 5 nitrogen and oxygen atoms in total. The van der Waals surface area contributed by atoms with Crippen molar-refractivity contribution in [2.75, 3.05) is 19.8 Å². The molecule has 2 aromatic rings. The van der Waals surface area contributed by atoms with Crippen molar-refractivity contribution in [1.82, 2.24) is 5.32 Å². The number of esters is 1.